The van der Waals surface area contributed by atoms with E-state index in [-0.39, 0.29) is 24.3 Å². The molecule has 6 rings (SSSR count). The number of benzene rings is 3. The van der Waals surface area contributed by atoms with E-state index in [1.165, 1.54) is 29.0 Å². The summed E-state index contributed by atoms with van der Waals surface area (Å²) in [6.07, 6.45) is -2.64. The molecule has 1 aliphatic heterocycles. The van der Waals surface area contributed by atoms with Crippen molar-refractivity contribution in [2.45, 2.75) is 25.1 Å². The summed E-state index contributed by atoms with van der Waals surface area (Å²) in [5.41, 5.74) is 3.10. The lowest BCUT2D eigenvalue weighted by atomic mass is 9.86. The number of furan rings is 1. The Morgan fingerprint density at radius 3 is 2.59 bits per heavy atom. The van der Waals surface area contributed by atoms with E-state index in [1.54, 1.807) is 24.5 Å². The van der Waals surface area contributed by atoms with Crippen molar-refractivity contribution >= 4 is 28.5 Å². The Hall–Kier alpha value is -4.84. The molecule has 194 valence electrons. The molecule has 0 saturated carbocycles. The number of carbonyl (C=O) groups excluding carboxylic acids is 2. The van der Waals surface area contributed by atoms with Crippen LogP contribution >= 0.6 is 0 Å². The smallest absolute Gasteiger partial charge is 0.416 e. The van der Waals surface area contributed by atoms with Crippen LogP contribution in [0.15, 0.2) is 88.7 Å². The van der Waals surface area contributed by atoms with Crippen molar-refractivity contribution in [3.63, 3.8) is 0 Å². The molecule has 6 nitrogen and oxygen atoms in total. The molecule has 1 atom stereocenters. The molecular weight excluding hydrogens is 507 g/mol. The molecule has 0 saturated heterocycles. The molecule has 1 unspecified atom stereocenters. The zero-order valence-corrected chi connectivity index (χ0v) is 20.6. The molecule has 2 amide bonds. The lowest BCUT2D eigenvalue weighted by molar-refractivity contribution is -0.137. The lowest BCUT2D eigenvalue weighted by Crippen LogP contribution is -2.48. The van der Waals surface area contributed by atoms with Crippen LogP contribution < -0.4 is 4.90 Å². The molecule has 0 radical (unpaired) electrons. The maximum atomic E-state index is 13.8. The number of hydrogen-bond acceptors (Lipinski definition) is 4. The van der Waals surface area contributed by atoms with E-state index < -0.39 is 23.8 Å². The number of fused-ring (bicyclic) bond motifs is 1. The van der Waals surface area contributed by atoms with Crippen LogP contribution in [-0.2, 0) is 11.0 Å². The fourth-order valence-corrected chi connectivity index (χ4v) is 5.48. The number of anilines is 1. The number of nitrogens with zero attached hydrogens (tertiary/aromatic N) is 3. The maximum Gasteiger partial charge on any atom is 0.416 e. The van der Waals surface area contributed by atoms with Gasteiger partial charge in [-0.2, -0.15) is 18.4 Å². The molecule has 1 aliphatic carbocycles. The van der Waals surface area contributed by atoms with Crippen LogP contribution in [0.1, 0.15) is 35.6 Å². The van der Waals surface area contributed by atoms with E-state index >= 15 is 0 Å². The highest BCUT2D eigenvalue weighted by Gasteiger charge is 2.45. The van der Waals surface area contributed by atoms with Gasteiger partial charge in [0.1, 0.15) is 5.58 Å². The van der Waals surface area contributed by atoms with E-state index in [4.69, 9.17) is 4.42 Å². The highest BCUT2D eigenvalue weighted by molar-refractivity contribution is 6.08. The van der Waals surface area contributed by atoms with E-state index in [9.17, 15) is 28.0 Å². The Kier molecular flexibility index (Phi) is 5.57. The number of amides is 2. The second kappa shape index (κ2) is 8.88. The van der Waals surface area contributed by atoms with Crippen molar-refractivity contribution < 1.29 is 27.2 Å². The van der Waals surface area contributed by atoms with Gasteiger partial charge >= 0.3 is 12.2 Å². The van der Waals surface area contributed by atoms with Gasteiger partial charge in [-0.15, -0.1) is 0 Å². The first-order valence-corrected chi connectivity index (χ1v) is 12.2. The van der Waals surface area contributed by atoms with Crippen molar-refractivity contribution in [3.05, 3.63) is 101 Å². The first-order valence-electron chi connectivity index (χ1n) is 12.2. The number of rotatable bonds is 3. The van der Waals surface area contributed by atoms with E-state index in [2.05, 4.69) is 6.07 Å². The number of Topliss-reactive ketones (excluding diaryl/α,β-unsaturated/α-hetero) is 1. The normalized spacial score (nSPS) is 17.7. The maximum absolute atomic E-state index is 13.8. The molecular formula is C30H20F3N3O3. The number of alkyl halides is 3. The SMILES string of the molecule is CN1C(=O)N(c2cccc(C(F)(F)F)c2)C2=C(C(=O)CC2)C1c1ccc(C#N)cc1-c1ccc2occc2c1. The number of likely N-dealkylation sites (N-methyl/N-ethyl adjacent to an activating group) is 1. The minimum Gasteiger partial charge on any atom is -0.464 e. The Labute approximate surface area is 221 Å². The molecule has 9 heteroatoms. The van der Waals surface area contributed by atoms with Crippen LogP contribution in [0, 0.1) is 11.3 Å². The molecule has 1 aromatic heterocycles. The van der Waals surface area contributed by atoms with Gasteiger partial charge in [-0.25, -0.2) is 4.79 Å². The Morgan fingerprint density at radius 1 is 1.00 bits per heavy atom. The van der Waals surface area contributed by atoms with Gasteiger partial charge in [0.2, 0.25) is 0 Å². The number of nitriles is 1. The van der Waals surface area contributed by atoms with Crippen molar-refractivity contribution in [2.75, 3.05) is 11.9 Å². The lowest BCUT2D eigenvalue weighted by Gasteiger charge is -2.41. The number of halogens is 3. The minimum absolute atomic E-state index is 0.0489. The van der Waals surface area contributed by atoms with Gasteiger partial charge in [-0.05, 0) is 71.6 Å². The standard InChI is InChI=1S/C30H20F3N3O3/c1-35-28(22-7-5-17(16-34)13-23(22)18-6-10-26-19(14-18)11-12-39-26)27-24(8-9-25(27)37)36(29(35)38)21-4-2-3-20(15-21)30(31,32)33/h2-7,10-15,28H,8-9H2,1H3. The van der Waals surface area contributed by atoms with Gasteiger partial charge < -0.3 is 9.32 Å². The van der Waals surface area contributed by atoms with Gasteiger partial charge in [0, 0.05) is 30.1 Å². The zero-order valence-electron chi connectivity index (χ0n) is 20.6. The van der Waals surface area contributed by atoms with Gasteiger partial charge in [-0.3, -0.25) is 9.69 Å². The molecule has 2 aliphatic rings. The fraction of sp³-hybridized carbons (Fsp3) is 0.167. The first kappa shape index (κ1) is 24.5. The van der Waals surface area contributed by atoms with Crippen molar-refractivity contribution in [3.8, 4) is 17.2 Å². The number of hydrogen-bond donors (Lipinski definition) is 0. The third-order valence-electron chi connectivity index (χ3n) is 7.30. The topological polar surface area (TPSA) is 77.5 Å². The first-order chi connectivity index (χ1) is 18.7. The van der Waals surface area contributed by atoms with Crippen LogP contribution in [0.2, 0.25) is 0 Å². The third kappa shape index (κ3) is 3.96. The monoisotopic (exact) mass is 527 g/mol. The van der Waals surface area contributed by atoms with Crippen LogP contribution in [-0.4, -0.2) is 23.8 Å². The molecule has 0 bridgehead atoms. The summed E-state index contributed by atoms with van der Waals surface area (Å²) in [4.78, 5) is 29.7. The molecule has 2 heterocycles. The Bertz CT molecular complexity index is 1750. The molecule has 4 aromatic rings. The summed E-state index contributed by atoms with van der Waals surface area (Å²) in [5.74, 6) is -0.174. The van der Waals surface area contributed by atoms with Gasteiger partial charge in [0.05, 0.1) is 35.2 Å². The van der Waals surface area contributed by atoms with Crippen LogP contribution in [0.4, 0.5) is 23.7 Å². The van der Waals surface area contributed by atoms with Gasteiger partial charge in [-0.1, -0.05) is 18.2 Å². The average molecular weight is 528 g/mol. The summed E-state index contributed by atoms with van der Waals surface area (Å²) >= 11 is 0. The highest BCUT2D eigenvalue weighted by atomic mass is 19.4. The summed E-state index contributed by atoms with van der Waals surface area (Å²) in [7, 11) is 1.53. The van der Waals surface area contributed by atoms with E-state index in [0.29, 0.717) is 33.5 Å². The number of urea groups is 1. The molecule has 0 spiro atoms. The van der Waals surface area contributed by atoms with Crippen molar-refractivity contribution in [2.24, 2.45) is 0 Å². The summed E-state index contributed by atoms with van der Waals surface area (Å²) in [6, 6.07) is 17.8. The second-order valence-corrected chi connectivity index (χ2v) is 9.55. The Balaban J connectivity index is 1.54. The van der Waals surface area contributed by atoms with Crippen LogP contribution in [0.25, 0.3) is 22.1 Å². The fourth-order valence-electron chi connectivity index (χ4n) is 5.48. The summed E-state index contributed by atoms with van der Waals surface area (Å²) in [5, 5.41) is 10.4. The van der Waals surface area contributed by atoms with Gasteiger partial charge in [0.25, 0.3) is 0 Å². The molecule has 0 N–H and O–H groups in total. The summed E-state index contributed by atoms with van der Waals surface area (Å²) in [6.45, 7) is 0. The Morgan fingerprint density at radius 2 is 1.82 bits per heavy atom. The molecule has 0 fully saturated rings. The van der Waals surface area contributed by atoms with E-state index in [1.807, 2.05) is 24.3 Å². The minimum atomic E-state index is -4.58. The second-order valence-electron chi connectivity index (χ2n) is 9.55. The zero-order chi connectivity index (χ0) is 27.5. The molecule has 39 heavy (non-hydrogen) atoms. The third-order valence-corrected chi connectivity index (χ3v) is 7.30. The van der Waals surface area contributed by atoms with Crippen LogP contribution in [0.3, 0.4) is 0 Å². The highest BCUT2D eigenvalue weighted by Crippen LogP contribution is 2.47. The number of allylic oxidation sites excluding steroid dienone is 1. The summed E-state index contributed by atoms with van der Waals surface area (Å²) < 4.78 is 45.8. The quantitative estimate of drug-likeness (QED) is 0.282. The van der Waals surface area contributed by atoms with Crippen molar-refractivity contribution in [1.82, 2.24) is 4.90 Å². The largest absolute Gasteiger partial charge is 0.464 e. The average Bonchev–Trinajstić information content (AvgIpc) is 3.55. The predicted molar refractivity (Wildman–Crippen MR) is 137 cm³/mol. The predicted octanol–water partition coefficient (Wildman–Crippen LogP) is 7.22. The number of carbonyl (C=O) groups is 2. The molecule has 3 aromatic carbocycles. The van der Waals surface area contributed by atoms with Crippen LogP contribution in [0.5, 0.6) is 0 Å². The van der Waals surface area contributed by atoms with Crippen molar-refractivity contribution in [1.29, 1.82) is 5.26 Å². The van der Waals surface area contributed by atoms with E-state index in [0.717, 1.165) is 23.1 Å². The van der Waals surface area contributed by atoms with Gasteiger partial charge in [0.15, 0.2) is 5.78 Å². The number of ketones is 1.